The Hall–Kier alpha value is -0.235. The molecular weight excluding hydrogens is 235 g/mol. The van der Waals surface area contributed by atoms with Crippen molar-refractivity contribution in [2.24, 2.45) is 0 Å². The molecule has 0 nitrogen and oxygen atoms in total. The van der Waals surface area contributed by atoms with Crippen LogP contribution in [0.25, 0.3) is 0 Å². The summed E-state index contributed by atoms with van der Waals surface area (Å²) in [6, 6.07) is 0. The van der Waals surface area contributed by atoms with Gasteiger partial charge in [0.25, 0.3) is 0 Å². The van der Waals surface area contributed by atoms with Gasteiger partial charge in [0.1, 0.15) is 0 Å². The van der Waals surface area contributed by atoms with Crippen molar-refractivity contribution in [2.75, 3.05) is 0 Å². The molecule has 0 atom stereocenters. The van der Waals surface area contributed by atoms with E-state index in [1.54, 1.807) is 0 Å². The van der Waals surface area contributed by atoms with Gasteiger partial charge in [-0.25, -0.2) is 0 Å². The van der Waals surface area contributed by atoms with E-state index < -0.39 is 0 Å². The van der Waals surface area contributed by atoms with Crippen LogP contribution in [0.1, 0.15) is 27.7 Å². The summed E-state index contributed by atoms with van der Waals surface area (Å²) in [5.41, 5.74) is 1.90. The predicted octanol–water partition coefficient (Wildman–Crippen LogP) is 4.20. The van der Waals surface area contributed by atoms with Crippen LogP contribution in [-0.2, 0) is 0 Å². The van der Waals surface area contributed by atoms with Gasteiger partial charge in [-0.1, -0.05) is 60.7 Å². The number of rotatable bonds is 4. The molecule has 2 radical (unpaired) electrons. The topological polar surface area (TPSA) is 0 Å². The Balaban J connectivity index is 4.49. The maximum absolute atomic E-state index is 5.88. The van der Waals surface area contributed by atoms with E-state index in [4.69, 9.17) is 7.85 Å². The average molecular weight is 253 g/mol. The first-order chi connectivity index (χ1) is 6.05. The molecule has 14 heavy (non-hydrogen) atoms. The number of hydrogen-bond donors (Lipinski definition) is 0. The van der Waals surface area contributed by atoms with Crippen LogP contribution >= 0.6 is 15.9 Å². The molecule has 0 saturated heterocycles. The van der Waals surface area contributed by atoms with E-state index in [-0.39, 0.29) is 9.64 Å². The largest absolute Gasteiger partial charge is 0.0961 e. The second kappa shape index (κ2) is 4.52. The van der Waals surface area contributed by atoms with Crippen LogP contribution in [0, 0.1) is 0 Å². The highest BCUT2D eigenvalue weighted by Crippen LogP contribution is 2.31. The molecule has 0 N–H and O–H groups in total. The van der Waals surface area contributed by atoms with Crippen molar-refractivity contribution >= 4 is 23.8 Å². The summed E-state index contributed by atoms with van der Waals surface area (Å²) in [5, 5.41) is -0.368. The Kier molecular flexibility index (Phi) is 4.45. The summed E-state index contributed by atoms with van der Waals surface area (Å²) >= 11 is 3.53. The highest BCUT2D eigenvalue weighted by atomic mass is 79.9. The molecular formula is C12H18BBr. The maximum Gasteiger partial charge on any atom is 0.0802 e. The minimum absolute atomic E-state index is 0.0808. The lowest BCUT2D eigenvalue weighted by Gasteiger charge is -2.21. The van der Waals surface area contributed by atoms with Crippen LogP contribution in [0.3, 0.4) is 0 Å². The van der Waals surface area contributed by atoms with Gasteiger partial charge in [-0.05, 0) is 24.7 Å². The lowest BCUT2D eigenvalue weighted by Crippen LogP contribution is -2.10. The Labute approximate surface area is 97.7 Å². The Morgan fingerprint density at radius 3 is 1.71 bits per heavy atom. The summed E-state index contributed by atoms with van der Waals surface area (Å²) in [7, 11) is 5.88. The third-order valence-corrected chi connectivity index (χ3v) is 2.59. The van der Waals surface area contributed by atoms with Crippen molar-refractivity contribution in [1.29, 1.82) is 0 Å². The number of alkyl halides is 1. The van der Waals surface area contributed by atoms with Crippen LogP contribution in [0.2, 0.25) is 5.31 Å². The number of halogens is 1. The fourth-order valence-electron chi connectivity index (χ4n) is 0.614. The molecule has 0 fully saturated rings. The molecule has 0 amide bonds. The van der Waals surface area contributed by atoms with Crippen molar-refractivity contribution < 1.29 is 0 Å². The van der Waals surface area contributed by atoms with Gasteiger partial charge >= 0.3 is 0 Å². The molecule has 0 aromatic rings. The van der Waals surface area contributed by atoms with Crippen molar-refractivity contribution in [2.45, 2.75) is 37.3 Å². The predicted molar refractivity (Wildman–Crippen MR) is 70.2 cm³/mol. The van der Waals surface area contributed by atoms with Crippen LogP contribution in [0.4, 0.5) is 0 Å². The van der Waals surface area contributed by atoms with Crippen molar-refractivity contribution in [3.8, 4) is 0 Å². The second-order valence-corrected chi connectivity index (χ2v) is 6.56. The van der Waals surface area contributed by atoms with E-state index in [0.29, 0.717) is 0 Å². The molecule has 0 aromatic carbocycles. The van der Waals surface area contributed by atoms with Gasteiger partial charge in [-0.2, -0.15) is 0 Å². The quantitative estimate of drug-likeness (QED) is 0.400. The molecule has 0 aliphatic rings. The van der Waals surface area contributed by atoms with Gasteiger partial charge in [0.15, 0.2) is 0 Å². The molecule has 0 aliphatic carbocycles. The van der Waals surface area contributed by atoms with Crippen LogP contribution in [0.5, 0.6) is 0 Å². The second-order valence-electron chi connectivity index (χ2n) is 4.58. The fourth-order valence-corrected chi connectivity index (χ4v) is 0.746. The minimum Gasteiger partial charge on any atom is -0.0961 e. The van der Waals surface area contributed by atoms with Gasteiger partial charge in [0.05, 0.1) is 7.85 Å². The molecule has 0 rings (SSSR count). The van der Waals surface area contributed by atoms with E-state index in [2.05, 4.69) is 42.9 Å². The Bertz CT molecular complexity index is 233. The van der Waals surface area contributed by atoms with Crippen LogP contribution in [0.15, 0.2) is 36.5 Å². The Morgan fingerprint density at radius 1 is 1.07 bits per heavy atom. The zero-order valence-electron chi connectivity index (χ0n) is 9.52. The molecule has 2 heteroatoms. The van der Waals surface area contributed by atoms with Gasteiger partial charge < -0.3 is 0 Å². The van der Waals surface area contributed by atoms with E-state index in [1.807, 2.05) is 26.0 Å². The zero-order chi connectivity index (χ0) is 11.6. The van der Waals surface area contributed by atoms with E-state index in [1.165, 1.54) is 0 Å². The van der Waals surface area contributed by atoms with Crippen molar-refractivity contribution in [3.05, 3.63) is 36.5 Å². The van der Waals surface area contributed by atoms with Crippen molar-refractivity contribution in [3.63, 3.8) is 0 Å². The van der Waals surface area contributed by atoms with Crippen LogP contribution < -0.4 is 0 Å². The summed E-state index contributed by atoms with van der Waals surface area (Å²) in [6.07, 6.45) is 3.87. The summed E-state index contributed by atoms with van der Waals surface area (Å²) < 4.78 is -0.0808. The smallest absolute Gasteiger partial charge is 0.0802 e. The summed E-state index contributed by atoms with van der Waals surface area (Å²) in [6.45, 7) is 15.8. The van der Waals surface area contributed by atoms with Gasteiger partial charge in [0, 0.05) is 4.32 Å². The van der Waals surface area contributed by atoms with E-state index in [0.717, 1.165) is 11.1 Å². The summed E-state index contributed by atoms with van der Waals surface area (Å²) in [4.78, 5) is 0. The normalized spacial score (nSPS) is 13.2. The van der Waals surface area contributed by atoms with Crippen LogP contribution in [-0.4, -0.2) is 12.2 Å². The summed E-state index contributed by atoms with van der Waals surface area (Å²) in [5.74, 6) is 0. The molecule has 0 unspecified atom stereocenters. The molecule has 0 bridgehead atoms. The van der Waals surface area contributed by atoms with Crippen molar-refractivity contribution in [1.82, 2.24) is 0 Å². The Morgan fingerprint density at radius 2 is 1.43 bits per heavy atom. The third kappa shape index (κ3) is 4.85. The highest BCUT2D eigenvalue weighted by molar-refractivity contribution is 9.10. The lowest BCUT2D eigenvalue weighted by molar-refractivity contribution is 0.822. The molecule has 0 heterocycles. The molecule has 0 aromatic heterocycles. The van der Waals surface area contributed by atoms with Gasteiger partial charge in [-0.3, -0.25) is 0 Å². The SMILES string of the molecule is [B]C(C)(C)C(=C)/C=C\C(=C)C(C)(C)Br. The fraction of sp³-hybridized carbons (Fsp3) is 0.500. The molecule has 76 valence electrons. The monoisotopic (exact) mass is 252 g/mol. The van der Waals surface area contributed by atoms with Gasteiger partial charge in [0.2, 0.25) is 0 Å². The third-order valence-electron chi connectivity index (χ3n) is 2.08. The first-order valence-electron chi connectivity index (χ1n) is 4.60. The lowest BCUT2D eigenvalue weighted by atomic mass is 9.67. The van der Waals surface area contributed by atoms with E-state index in [9.17, 15) is 0 Å². The van der Waals surface area contributed by atoms with E-state index >= 15 is 0 Å². The molecule has 0 saturated carbocycles. The van der Waals surface area contributed by atoms with Gasteiger partial charge in [-0.15, -0.1) is 0 Å². The zero-order valence-corrected chi connectivity index (χ0v) is 11.1. The number of allylic oxidation sites excluding steroid dienone is 4. The minimum atomic E-state index is -0.368. The molecule has 0 spiro atoms. The molecule has 0 aliphatic heterocycles. The number of hydrogen-bond acceptors (Lipinski definition) is 0. The standard InChI is InChI=1S/C12H18BBr/c1-9(11(3,4)13)7-8-10(2)12(5,6)14/h7-8H,1-2H2,3-6H3/b8-7-. The maximum atomic E-state index is 5.88. The first-order valence-corrected chi connectivity index (χ1v) is 5.39. The highest BCUT2D eigenvalue weighted by Gasteiger charge is 2.16. The first kappa shape index (κ1) is 13.8. The average Bonchev–Trinajstić information content (AvgIpc) is 1.95.